The lowest BCUT2D eigenvalue weighted by atomic mass is 9.93. The van der Waals surface area contributed by atoms with E-state index < -0.39 is 0 Å². The summed E-state index contributed by atoms with van der Waals surface area (Å²) in [5, 5.41) is 9.40. The van der Waals surface area contributed by atoms with E-state index in [2.05, 4.69) is 20.8 Å². The van der Waals surface area contributed by atoms with E-state index in [-0.39, 0.29) is 16.8 Å². The molecule has 0 aromatic carbocycles. The van der Waals surface area contributed by atoms with E-state index in [1.165, 1.54) is 11.3 Å². The Morgan fingerprint density at radius 1 is 1.52 bits per heavy atom. The van der Waals surface area contributed by atoms with Gasteiger partial charge in [-0.3, -0.25) is 15.5 Å². The lowest BCUT2D eigenvalue weighted by Crippen LogP contribution is -2.26. The number of fused-ring (bicyclic) bond motifs is 1. The molecule has 0 bridgehead atoms. The molecule has 2 aromatic heterocycles. The van der Waals surface area contributed by atoms with Gasteiger partial charge >= 0.3 is 0 Å². The van der Waals surface area contributed by atoms with E-state index >= 15 is 0 Å². The normalized spacial score (nSPS) is 15.3. The number of amides is 1. The molecule has 7 nitrogen and oxygen atoms in total. The number of aromatic nitrogens is 1. The summed E-state index contributed by atoms with van der Waals surface area (Å²) in [5.41, 5.74) is 10.4. The molecule has 3 rings (SSSR count). The van der Waals surface area contributed by atoms with E-state index in [4.69, 9.17) is 22.4 Å². The summed E-state index contributed by atoms with van der Waals surface area (Å²) in [6, 6.07) is 0. The molecular weight excluding hydrogens is 334 g/mol. The van der Waals surface area contributed by atoms with Crippen molar-refractivity contribution in [2.45, 2.75) is 26.2 Å². The summed E-state index contributed by atoms with van der Waals surface area (Å²) in [6.45, 7) is 1.85. The second-order valence-electron chi connectivity index (χ2n) is 5.03. The first-order valence-corrected chi connectivity index (χ1v) is 8.30. The molecule has 0 saturated carbocycles. The highest BCUT2D eigenvalue weighted by Crippen LogP contribution is 2.30. The highest BCUT2D eigenvalue weighted by molar-refractivity contribution is 7.80. The number of carbonyl (C=O) groups excluding carboxylic acids is 1. The molecule has 9 heteroatoms. The van der Waals surface area contributed by atoms with E-state index in [0.717, 1.165) is 41.9 Å². The maximum Gasteiger partial charge on any atom is 0.293 e. The Bertz CT molecular complexity index is 779. The molecule has 2 aromatic rings. The molecule has 1 amide bonds. The van der Waals surface area contributed by atoms with Gasteiger partial charge in [0.05, 0.1) is 5.71 Å². The minimum absolute atomic E-state index is 0.104. The van der Waals surface area contributed by atoms with E-state index in [0.29, 0.717) is 5.13 Å². The van der Waals surface area contributed by atoms with Gasteiger partial charge in [-0.15, -0.1) is 11.3 Å². The first kappa shape index (κ1) is 15.6. The van der Waals surface area contributed by atoms with Crippen molar-refractivity contribution in [2.24, 2.45) is 10.8 Å². The molecule has 1 aliphatic carbocycles. The molecule has 0 spiro atoms. The number of anilines is 1. The van der Waals surface area contributed by atoms with Crippen molar-refractivity contribution in [1.82, 2.24) is 10.4 Å². The number of nitrogens with two attached hydrogens (primary N) is 1. The Kier molecular flexibility index (Phi) is 4.39. The second kappa shape index (κ2) is 6.47. The number of hydrogen-bond donors (Lipinski definition) is 3. The van der Waals surface area contributed by atoms with Crippen LogP contribution in [0.1, 0.15) is 40.3 Å². The minimum atomic E-state index is -0.312. The zero-order valence-electron chi connectivity index (χ0n) is 12.4. The van der Waals surface area contributed by atoms with Crippen LogP contribution in [0.2, 0.25) is 0 Å². The lowest BCUT2D eigenvalue weighted by Gasteiger charge is -2.13. The van der Waals surface area contributed by atoms with Crippen LogP contribution in [0.5, 0.6) is 0 Å². The first-order valence-electron chi connectivity index (χ1n) is 7.01. The summed E-state index contributed by atoms with van der Waals surface area (Å²) < 4.78 is 5.78. The molecule has 2 heterocycles. The zero-order chi connectivity index (χ0) is 16.4. The summed E-state index contributed by atoms with van der Waals surface area (Å²) >= 11 is 6.12. The molecule has 0 unspecified atom stereocenters. The molecule has 4 N–H and O–H groups in total. The van der Waals surface area contributed by atoms with Gasteiger partial charge in [0.25, 0.3) is 5.91 Å². The Morgan fingerprint density at radius 2 is 2.35 bits per heavy atom. The predicted molar refractivity (Wildman–Crippen MR) is 92.9 cm³/mol. The van der Waals surface area contributed by atoms with Gasteiger partial charge in [0.15, 0.2) is 16.0 Å². The fourth-order valence-corrected chi connectivity index (χ4v) is 3.13. The Labute approximate surface area is 142 Å². The molecule has 0 saturated heterocycles. The largest absolute Gasteiger partial charge is 0.455 e. The number of nitrogens with zero attached hydrogens (tertiary/aromatic N) is 2. The molecule has 0 aliphatic heterocycles. The van der Waals surface area contributed by atoms with Crippen molar-refractivity contribution >= 4 is 45.4 Å². The standard InChI is InChI=1S/C14H15N5O2S2/c1-7-10-8(18-19-13(15)22)3-2-4-9(10)21-11(7)12(20)17-14-16-5-6-23-14/h5-6H,2-4H2,1H3,(H3,15,19,22)(H,16,17,20)/b18-8+. The fourth-order valence-electron chi connectivity index (χ4n) is 2.56. The number of thiocarbonyl (C=S) groups is 1. The number of furan rings is 1. The van der Waals surface area contributed by atoms with Gasteiger partial charge in [-0.25, -0.2) is 4.98 Å². The number of nitrogens with one attached hydrogen (secondary N) is 2. The summed E-state index contributed by atoms with van der Waals surface area (Å²) in [4.78, 5) is 16.4. The van der Waals surface area contributed by atoms with Crippen LogP contribution in [0.3, 0.4) is 0 Å². The maximum absolute atomic E-state index is 12.4. The third kappa shape index (κ3) is 3.25. The topological polar surface area (TPSA) is 106 Å². The third-order valence-corrected chi connectivity index (χ3v) is 4.27. The summed E-state index contributed by atoms with van der Waals surface area (Å²) in [7, 11) is 0. The average molecular weight is 349 g/mol. The number of hydrazone groups is 1. The van der Waals surface area contributed by atoms with Crippen LogP contribution in [0.25, 0.3) is 0 Å². The zero-order valence-corrected chi connectivity index (χ0v) is 14.0. The van der Waals surface area contributed by atoms with Crippen LogP contribution in [0.4, 0.5) is 5.13 Å². The van der Waals surface area contributed by atoms with Crippen molar-refractivity contribution in [2.75, 3.05) is 5.32 Å². The van der Waals surface area contributed by atoms with Crippen molar-refractivity contribution in [3.63, 3.8) is 0 Å². The molecule has 1 aliphatic rings. The number of hydrogen-bond acceptors (Lipinski definition) is 6. The Morgan fingerprint density at radius 3 is 3.04 bits per heavy atom. The first-order chi connectivity index (χ1) is 11.1. The van der Waals surface area contributed by atoms with Crippen molar-refractivity contribution in [3.8, 4) is 0 Å². The summed E-state index contributed by atoms with van der Waals surface area (Å²) in [5.74, 6) is 0.741. The maximum atomic E-state index is 12.4. The Hall–Kier alpha value is -2.26. The van der Waals surface area contributed by atoms with Crippen molar-refractivity contribution in [1.29, 1.82) is 0 Å². The fraction of sp³-hybridized carbons (Fsp3) is 0.286. The highest BCUT2D eigenvalue weighted by Gasteiger charge is 2.28. The molecule has 0 atom stereocenters. The third-order valence-electron chi connectivity index (χ3n) is 3.49. The number of carbonyl (C=O) groups is 1. The molecule has 120 valence electrons. The predicted octanol–water partition coefficient (Wildman–Crippen LogP) is 2.17. The van der Waals surface area contributed by atoms with Gasteiger partial charge in [-0.2, -0.15) is 5.10 Å². The van der Waals surface area contributed by atoms with E-state index in [1.54, 1.807) is 11.6 Å². The molecule has 0 radical (unpaired) electrons. The van der Waals surface area contributed by atoms with Crippen LogP contribution in [-0.4, -0.2) is 21.7 Å². The minimum Gasteiger partial charge on any atom is -0.455 e. The molecular formula is C14H15N5O2S2. The van der Waals surface area contributed by atoms with Gasteiger partial charge in [0, 0.05) is 29.1 Å². The van der Waals surface area contributed by atoms with Gasteiger partial charge in [-0.1, -0.05) is 0 Å². The van der Waals surface area contributed by atoms with E-state index in [1.807, 2.05) is 6.92 Å². The number of rotatable bonds is 3. The van der Waals surface area contributed by atoms with Gasteiger partial charge in [-0.05, 0) is 32.0 Å². The lowest BCUT2D eigenvalue weighted by molar-refractivity contribution is 0.0994. The molecule has 0 fully saturated rings. The van der Waals surface area contributed by atoms with E-state index in [9.17, 15) is 4.79 Å². The highest BCUT2D eigenvalue weighted by atomic mass is 32.1. The van der Waals surface area contributed by atoms with Gasteiger partial charge < -0.3 is 10.2 Å². The molecule has 23 heavy (non-hydrogen) atoms. The van der Waals surface area contributed by atoms with Crippen LogP contribution < -0.4 is 16.5 Å². The smallest absolute Gasteiger partial charge is 0.293 e. The van der Waals surface area contributed by atoms with Gasteiger partial charge in [0.2, 0.25) is 0 Å². The average Bonchev–Trinajstić information content (AvgIpc) is 3.13. The van der Waals surface area contributed by atoms with Gasteiger partial charge in [0.1, 0.15) is 5.76 Å². The quantitative estimate of drug-likeness (QED) is 0.579. The number of aryl methyl sites for hydroxylation is 1. The van der Waals surface area contributed by atoms with Crippen LogP contribution in [-0.2, 0) is 6.42 Å². The number of thiazole rings is 1. The van der Waals surface area contributed by atoms with Crippen molar-refractivity contribution < 1.29 is 9.21 Å². The van der Waals surface area contributed by atoms with Crippen LogP contribution in [0, 0.1) is 6.92 Å². The van der Waals surface area contributed by atoms with Crippen molar-refractivity contribution in [3.05, 3.63) is 34.2 Å². The summed E-state index contributed by atoms with van der Waals surface area (Å²) in [6.07, 6.45) is 4.07. The van der Waals surface area contributed by atoms with Crippen LogP contribution >= 0.6 is 23.6 Å². The van der Waals surface area contributed by atoms with Crippen LogP contribution in [0.15, 0.2) is 21.1 Å². The Balaban J connectivity index is 1.91. The SMILES string of the molecule is Cc1c(C(=O)Nc2nccs2)oc2c1/C(=N/NC(N)=S)CCC2. The monoisotopic (exact) mass is 349 g/mol. The second-order valence-corrected chi connectivity index (χ2v) is 6.37.